The summed E-state index contributed by atoms with van der Waals surface area (Å²) in [5, 5.41) is 3.88. The zero-order chi connectivity index (χ0) is 25.7. The first-order valence-electron chi connectivity index (χ1n) is 12.6. The highest BCUT2D eigenvalue weighted by Crippen LogP contribution is 2.34. The fourth-order valence-corrected chi connectivity index (χ4v) is 4.84. The van der Waals surface area contributed by atoms with Crippen molar-refractivity contribution in [1.82, 2.24) is 10.3 Å². The number of carbonyl (C=O) groups is 1. The maximum absolute atomic E-state index is 12.5. The summed E-state index contributed by atoms with van der Waals surface area (Å²) in [6, 6.07) is 15.6. The number of pyridine rings is 1. The Morgan fingerprint density at radius 3 is 2.54 bits per heavy atom. The van der Waals surface area contributed by atoms with E-state index in [2.05, 4.69) is 10.2 Å². The number of amides is 1. The number of hydrogen-bond acceptors (Lipinski definition) is 8. The highest BCUT2D eigenvalue weighted by Gasteiger charge is 2.40. The minimum absolute atomic E-state index is 0.0854. The molecule has 37 heavy (non-hydrogen) atoms. The highest BCUT2D eigenvalue weighted by molar-refractivity contribution is 5.86. The van der Waals surface area contributed by atoms with Crippen LogP contribution >= 0.6 is 0 Å². The number of rotatable bonds is 9. The number of hydrogen-bond donors (Lipinski definition) is 1. The molecule has 1 aromatic heterocycles. The lowest BCUT2D eigenvalue weighted by atomic mass is 10.0. The number of carbonyl (C=O) groups excluding carboxylic acids is 1. The molecule has 1 spiro atoms. The van der Waals surface area contributed by atoms with Crippen LogP contribution in [0.1, 0.15) is 18.4 Å². The lowest BCUT2D eigenvalue weighted by molar-refractivity contribution is -0.169. The molecule has 0 bridgehead atoms. The zero-order valence-electron chi connectivity index (χ0n) is 21.3. The number of para-hydroxylation sites is 1. The summed E-state index contributed by atoms with van der Waals surface area (Å²) in [7, 11) is 3.21. The zero-order valence-corrected chi connectivity index (χ0v) is 21.3. The van der Waals surface area contributed by atoms with Crippen LogP contribution in [0.5, 0.6) is 17.2 Å². The van der Waals surface area contributed by atoms with Gasteiger partial charge in [0.2, 0.25) is 0 Å². The van der Waals surface area contributed by atoms with Crippen molar-refractivity contribution in [2.24, 2.45) is 0 Å². The van der Waals surface area contributed by atoms with E-state index in [1.165, 1.54) is 0 Å². The summed E-state index contributed by atoms with van der Waals surface area (Å²) in [4.78, 5) is 19.6. The summed E-state index contributed by atoms with van der Waals surface area (Å²) in [5.74, 6) is 2.21. The molecule has 5 rings (SSSR count). The number of piperidine rings is 1. The predicted octanol–water partition coefficient (Wildman–Crippen LogP) is 3.33. The first-order valence-corrected chi connectivity index (χ1v) is 12.6. The van der Waals surface area contributed by atoms with Crippen molar-refractivity contribution in [1.29, 1.82) is 0 Å². The summed E-state index contributed by atoms with van der Waals surface area (Å²) in [6.45, 7) is 3.35. The van der Waals surface area contributed by atoms with Crippen molar-refractivity contribution < 1.29 is 28.5 Å². The van der Waals surface area contributed by atoms with Crippen LogP contribution < -0.4 is 24.4 Å². The summed E-state index contributed by atoms with van der Waals surface area (Å²) < 4.78 is 28.2. The van der Waals surface area contributed by atoms with E-state index in [1.807, 2.05) is 48.5 Å². The largest absolute Gasteiger partial charge is 0.493 e. The van der Waals surface area contributed by atoms with E-state index in [1.54, 1.807) is 14.2 Å². The summed E-state index contributed by atoms with van der Waals surface area (Å²) in [6.07, 6.45) is 2.29. The minimum Gasteiger partial charge on any atom is -0.493 e. The van der Waals surface area contributed by atoms with Crippen molar-refractivity contribution >= 4 is 22.6 Å². The molecule has 9 nitrogen and oxygen atoms in total. The average molecular weight is 508 g/mol. The van der Waals surface area contributed by atoms with Crippen molar-refractivity contribution in [3.8, 4) is 17.2 Å². The van der Waals surface area contributed by atoms with E-state index < -0.39 is 5.79 Å². The SMILES string of the molecule is COc1ccc(CCNC(=O)COc2cccc3ccc(N4CCC5(CC4)OCCO5)nc23)cc1OC. The highest BCUT2D eigenvalue weighted by atomic mass is 16.7. The molecular formula is C28H33N3O6. The Kier molecular flexibility index (Phi) is 7.62. The van der Waals surface area contributed by atoms with Gasteiger partial charge in [0.15, 0.2) is 23.9 Å². The number of nitrogens with zero attached hydrogens (tertiary/aromatic N) is 2. The van der Waals surface area contributed by atoms with Crippen molar-refractivity contribution in [3.05, 3.63) is 54.1 Å². The van der Waals surface area contributed by atoms with Crippen LogP contribution in [0.2, 0.25) is 0 Å². The Morgan fingerprint density at radius 1 is 1.00 bits per heavy atom. The van der Waals surface area contributed by atoms with Gasteiger partial charge in [-0.15, -0.1) is 0 Å². The third-order valence-electron chi connectivity index (χ3n) is 6.87. The second-order valence-corrected chi connectivity index (χ2v) is 9.17. The number of nitrogens with one attached hydrogen (secondary N) is 1. The van der Waals surface area contributed by atoms with E-state index >= 15 is 0 Å². The number of fused-ring (bicyclic) bond motifs is 1. The van der Waals surface area contributed by atoms with Crippen LogP contribution in [-0.4, -0.2) is 70.4 Å². The van der Waals surface area contributed by atoms with Gasteiger partial charge in [0.25, 0.3) is 5.91 Å². The molecule has 0 atom stereocenters. The van der Waals surface area contributed by atoms with Crippen LogP contribution in [0.4, 0.5) is 5.82 Å². The van der Waals surface area contributed by atoms with Crippen molar-refractivity contribution in [2.75, 3.05) is 58.6 Å². The standard InChI is InChI=1S/C28H33N3O6/c1-33-22-8-6-20(18-24(22)34-2)10-13-29-26(32)19-35-23-5-3-4-21-7-9-25(30-27(21)23)31-14-11-28(12-15-31)36-16-17-37-28/h3-9,18H,10-17,19H2,1-2H3,(H,29,32). The summed E-state index contributed by atoms with van der Waals surface area (Å²) in [5.41, 5.74) is 1.78. The van der Waals surface area contributed by atoms with Crippen LogP contribution in [0.25, 0.3) is 10.9 Å². The smallest absolute Gasteiger partial charge is 0.257 e. The maximum atomic E-state index is 12.5. The Balaban J connectivity index is 1.16. The predicted molar refractivity (Wildman–Crippen MR) is 140 cm³/mol. The first kappa shape index (κ1) is 25.1. The second-order valence-electron chi connectivity index (χ2n) is 9.17. The van der Waals surface area contributed by atoms with Gasteiger partial charge in [-0.25, -0.2) is 4.98 Å². The number of anilines is 1. The Hall–Kier alpha value is -3.56. The third-order valence-corrected chi connectivity index (χ3v) is 6.87. The molecule has 9 heteroatoms. The van der Waals surface area contributed by atoms with Gasteiger partial charge in [0, 0.05) is 37.9 Å². The Morgan fingerprint density at radius 2 is 1.78 bits per heavy atom. The minimum atomic E-state index is -0.422. The molecule has 1 amide bonds. The van der Waals surface area contributed by atoms with Gasteiger partial charge in [-0.1, -0.05) is 18.2 Å². The van der Waals surface area contributed by atoms with Crippen LogP contribution in [-0.2, 0) is 20.7 Å². The molecule has 1 N–H and O–H groups in total. The monoisotopic (exact) mass is 507 g/mol. The van der Waals surface area contributed by atoms with Gasteiger partial charge in [-0.05, 0) is 42.3 Å². The van der Waals surface area contributed by atoms with Gasteiger partial charge >= 0.3 is 0 Å². The molecule has 3 aromatic rings. The van der Waals surface area contributed by atoms with E-state index in [-0.39, 0.29) is 12.5 Å². The van der Waals surface area contributed by atoms with Gasteiger partial charge in [0.1, 0.15) is 17.1 Å². The quantitative estimate of drug-likeness (QED) is 0.472. The fraction of sp³-hybridized carbons (Fsp3) is 0.429. The van der Waals surface area contributed by atoms with Crippen LogP contribution in [0, 0.1) is 0 Å². The Labute approximate surface area is 216 Å². The first-order chi connectivity index (χ1) is 18.1. The molecule has 2 aliphatic heterocycles. The number of benzene rings is 2. The molecule has 2 aliphatic rings. The van der Waals surface area contributed by atoms with E-state index in [0.717, 1.165) is 48.2 Å². The lowest BCUT2D eigenvalue weighted by Crippen LogP contribution is -2.45. The molecule has 2 aromatic carbocycles. The Bertz CT molecular complexity index is 1230. The van der Waals surface area contributed by atoms with Gasteiger partial charge in [-0.3, -0.25) is 4.79 Å². The lowest BCUT2D eigenvalue weighted by Gasteiger charge is -2.38. The van der Waals surface area contributed by atoms with Gasteiger partial charge < -0.3 is 33.9 Å². The van der Waals surface area contributed by atoms with Crippen LogP contribution in [0.15, 0.2) is 48.5 Å². The second kappa shape index (κ2) is 11.2. The third kappa shape index (κ3) is 5.73. The molecule has 0 aliphatic carbocycles. The maximum Gasteiger partial charge on any atom is 0.257 e. The molecule has 0 saturated carbocycles. The normalized spacial score (nSPS) is 16.6. The molecule has 0 unspecified atom stereocenters. The number of aromatic nitrogens is 1. The topological polar surface area (TPSA) is 91.4 Å². The van der Waals surface area contributed by atoms with Crippen molar-refractivity contribution in [3.63, 3.8) is 0 Å². The molecule has 0 radical (unpaired) electrons. The average Bonchev–Trinajstić information content (AvgIpc) is 3.39. The van der Waals surface area contributed by atoms with Crippen molar-refractivity contribution in [2.45, 2.75) is 25.0 Å². The fourth-order valence-electron chi connectivity index (χ4n) is 4.84. The number of methoxy groups -OCH3 is 2. The van der Waals surface area contributed by atoms with E-state index in [9.17, 15) is 4.79 Å². The number of ether oxygens (including phenoxy) is 5. The van der Waals surface area contributed by atoms with Gasteiger partial charge in [-0.2, -0.15) is 0 Å². The molecule has 2 fully saturated rings. The summed E-state index contributed by atoms with van der Waals surface area (Å²) >= 11 is 0. The van der Waals surface area contributed by atoms with E-state index in [4.69, 9.17) is 28.7 Å². The van der Waals surface area contributed by atoms with Gasteiger partial charge in [0.05, 0.1) is 27.4 Å². The van der Waals surface area contributed by atoms with Crippen LogP contribution in [0.3, 0.4) is 0 Å². The molecule has 3 heterocycles. The van der Waals surface area contributed by atoms with E-state index in [0.29, 0.717) is 43.4 Å². The molecular weight excluding hydrogens is 474 g/mol. The molecule has 2 saturated heterocycles. The molecule has 196 valence electrons.